The molecule has 0 bridgehead atoms. The summed E-state index contributed by atoms with van der Waals surface area (Å²) in [6.07, 6.45) is 10.5. The van der Waals surface area contributed by atoms with Crippen molar-refractivity contribution in [2.75, 3.05) is 0 Å². The molecule has 0 amide bonds. The summed E-state index contributed by atoms with van der Waals surface area (Å²) in [6.45, 7) is 19.7. The first-order chi connectivity index (χ1) is 12.7. The quantitative estimate of drug-likeness (QED) is 0.186. The Bertz CT molecular complexity index is 434. The lowest BCUT2D eigenvalue weighted by Crippen LogP contribution is -2.48. The lowest BCUT2D eigenvalue weighted by molar-refractivity contribution is -0.135. The summed E-state index contributed by atoms with van der Waals surface area (Å²) in [7, 11) is -6.25. The third-order valence-corrected chi connectivity index (χ3v) is 15.1. The zero-order chi connectivity index (χ0) is 21.8. The minimum atomic E-state index is -1.92. The minimum Gasteiger partial charge on any atom is -0.520 e. The van der Waals surface area contributed by atoms with Gasteiger partial charge in [0.15, 0.2) is 17.4 Å². The van der Waals surface area contributed by atoms with Crippen molar-refractivity contribution in [3.05, 3.63) is 0 Å². The van der Waals surface area contributed by atoms with Crippen LogP contribution in [0.2, 0.25) is 65.0 Å². The molecule has 0 fully saturated rings. The van der Waals surface area contributed by atoms with E-state index in [0.717, 1.165) is 12.8 Å². The summed E-state index contributed by atoms with van der Waals surface area (Å²) in [5.74, 6) is 0.000503. The summed E-state index contributed by atoms with van der Waals surface area (Å²) in [6, 6.07) is 1.24. The van der Waals surface area contributed by atoms with Crippen LogP contribution in [0.4, 0.5) is 0 Å². The van der Waals surface area contributed by atoms with E-state index < -0.39 is 34.2 Å². The smallest absolute Gasteiger partial charge is 0.310 e. The monoisotopic (exact) mass is 464 g/mol. The number of unbranched alkanes of at least 4 members (excludes halogenated alkanes) is 7. The van der Waals surface area contributed by atoms with E-state index in [-0.39, 0.29) is 5.97 Å². The summed E-state index contributed by atoms with van der Waals surface area (Å²) in [5, 5.41) is 0. The molecule has 8 heteroatoms. The number of carbonyl (C=O) groups excluding carboxylic acids is 1. The van der Waals surface area contributed by atoms with Gasteiger partial charge in [-0.15, -0.1) is 0 Å². The van der Waals surface area contributed by atoms with Crippen molar-refractivity contribution in [2.45, 2.75) is 123 Å². The maximum absolute atomic E-state index is 11.7. The van der Waals surface area contributed by atoms with Crippen molar-refractivity contribution in [3.8, 4) is 0 Å². The summed E-state index contributed by atoms with van der Waals surface area (Å²) in [4.78, 5) is 11.7. The molecule has 0 aromatic rings. The van der Waals surface area contributed by atoms with Gasteiger partial charge in [-0.3, -0.25) is 4.79 Å². The van der Waals surface area contributed by atoms with Gasteiger partial charge >= 0.3 is 8.56 Å². The Hall–Kier alpha value is 0.258. The lowest BCUT2D eigenvalue weighted by Gasteiger charge is -2.34. The van der Waals surface area contributed by atoms with E-state index in [1.54, 1.807) is 0 Å². The Morgan fingerprint density at radius 2 is 1.21 bits per heavy atom. The summed E-state index contributed by atoms with van der Waals surface area (Å²) < 4.78 is 18.2. The van der Waals surface area contributed by atoms with E-state index in [4.69, 9.17) is 12.7 Å². The summed E-state index contributed by atoms with van der Waals surface area (Å²) in [5.41, 5.74) is 0. The molecule has 0 heterocycles. The first kappa shape index (κ1) is 28.3. The second-order valence-corrected chi connectivity index (χ2v) is 25.4. The van der Waals surface area contributed by atoms with Crippen molar-refractivity contribution >= 4 is 40.2 Å². The Morgan fingerprint density at radius 1 is 0.750 bits per heavy atom. The van der Waals surface area contributed by atoms with E-state index >= 15 is 0 Å². The standard InChI is InChI=1S/C20H48O4Si4/c1-25(2)23-28(8,9)24-27(6,7)19-17-15-13-11-10-12-14-16-18-20(21)22-26(3,4)5/h25H,10-19H2,1-9H3. The normalized spacial score (nSPS) is 13.2. The molecule has 0 N–H and O–H groups in total. The maximum atomic E-state index is 11.7. The molecule has 0 radical (unpaired) electrons. The molecule has 0 spiro atoms. The van der Waals surface area contributed by atoms with Crippen molar-refractivity contribution in [2.24, 2.45) is 0 Å². The molecule has 0 rings (SSSR count). The first-order valence-corrected chi connectivity index (χ1v) is 23.4. The van der Waals surface area contributed by atoms with Gasteiger partial charge < -0.3 is 12.7 Å². The molecule has 0 atom stereocenters. The van der Waals surface area contributed by atoms with Crippen LogP contribution in [0.1, 0.15) is 57.8 Å². The van der Waals surface area contributed by atoms with Crippen molar-refractivity contribution in [3.63, 3.8) is 0 Å². The average Bonchev–Trinajstić information content (AvgIpc) is 2.44. The summed E-state index contributed by atoms with van der Waals surface area (Å²) >= 11 is 0. The molecule has 0 saturated carbocycles. The van der Waals surface area contributed by atoms with Gasteiger partial charge in [0.2, 0.25) is 8.32 Å². The second kappa shape index (κ2) is 13.5. The Labute approximate surface area is 180 Å². The number of carbonyl (C=O) groups is 1. The van der Waals surface area contributed by atoms with Crippen LogP contribution in [0, 0.1) is 0 Å². The van der Waals surface area contributed by atoms with Crippen LogP contribution < -0.4 is 0 Å². The fraction of sp³-hybridized carbons (Fsp3) is 0.950. The van der Waals surface area contributed by atoms with Crippen molar-refractivity contribution < 1.29 is 17.5 Å². The zero-order valence-electron chi connectivity index (χ0n) is 20.3. The van der Waals surface area contributed by atoms with Crippen molar-refractivity contribution in [1.82, 2.24) is 0 Å². The highest BCUT2D eigenvalue weighted by Crippen LogP contribution is 2.23. The molecule has 28 heavy (non-hydrogen) atoms. The second-order valence-electron chi connectivity index (χ2n) is 10.3. The Morgan fingerprint density at radius 3 is 1.68 bits per heavy atom. The molecule has 4 nitrogen and oxygen atoms in total. The molecular weight excluding hydrogens is 417 g/mol. The van der Waals surface area contributed by atoms with Gasteiger partial charge in [-0.1, -0.05) is 44.9 Å². The van der Waals surface area contributed by atoms with Crippen molar-refractivity contribution in [1.29, 1.82) is 0 Å². The van der Waals surface area contributed by atoms with E-state index in [0.29, 0.717) is 6.42 Å². The van der Waals surface area contributed by atoms with Crippen LogP contribution in [0.5, 0.6) is 0 Å². The molecule has 0 saturated heterocycles. The molecule has 168 valence electrons. The van der Waals surface area contributed by atoms with Gasteiger partial charge in [-0.25, -0.2) is 0 Å². The maximum Gasteiger partial charge on any atom is 0.310 e. The van der Waals surface area contributed by atoms with Crippen LogP contribution in [0.15, 0.2) is 0 Å². The highest BCUT2D eigenvalue weighted by molar-refractivity contribution is 6.84. The van der Waals surface area contributed by atoms with E-state index in [1.165, 1.54) is 44.6 Å². The highest BCUT2D eigenvalue weighted by atomic mass is 28.5. The van der Waals surface area contributed by atoms with Gasteiger partial charge in [0.05, 0.1) is 0 Å². The number of hydrogen-bond donors (Lipinski definition) is 0. The molecule has 0 unspecified atom stereocenters. The molecule has 0 aliphatic rings. The fourth-order valence-corrected chi connectivity index (χ4v) is 16.4. The molecular formula is C20H48O4Si4. The zero-order valence-corrected chi connectivity index (χ0v) is 24.4. The predicted molar refractivity (Wildman–Crippen MR) is 132 cm³/mol. The van der Waals surface area contributed by atoms with Crippen LogP contribution in [0.25, 0.3) is 0 Å². The third kappa shape index (κ3) is 18.3. The number of hydrogen-bond acceptors (Lipinski definition) is 4. The SMILES string of the molecule is C[SiH](C)O[Si](C)(C)O[Si](C)(C)CCCCCCCCCCC(=O)O[Si](C)(C)C. The average molecular weight is 465 g/mol. The van der Waals surface area contributed by atoms with E-state index in [1.807, 2.05) is 0 Å². The van der Waals surface area contributed by atoms with Crippen LogP contribution in [-0.4, -0.2) is 40.2 Å². The van der Waals surface area contributed by atoms with Gasteiger partial charge in [0, 0.05) is 6.42 Å². The topological polar surface area (TPSA) is 44.8 Å². The first-order valence-electron chi connectivity index (χ1n) is 11.3. The van der Waals surface area contributed by atoms with Gasteiger partial charge in [-0.05, 0) is 71.4 Å². The van der Waals surface area contributed by atoms with Crippen LogP contribution in [0.3, 0.4) is 0 Å². The van der Waals surface area contributed by atoms with Crippen LogP contribution in [-0.2, 0) is 17.5 Å². The number of rotatable bonds is 16. The fourth-order valence-electron chi connectivity index (χ4n) is 3.58. The predicted octanol–water partition coefficient (Wildman–Crippen LogP) is 6.80. The van der Waals surface area contributed by atoms with E-state index in [9.17, 15) is 4.79 Å². The molecule has 0 aliphatic carbocycles. The Kier molecular flexibility index (Phi) is 13.7. The molecule has 0 aliphatic heterocycles. The lowest BCUT2D eigenvalue weighted by atomic mass is 10.1. The molecule has 0 aromatic heterocycles. The highest BCUT2D eigenvalue weighted by Gasteiger charge is 2.34. The minimum absolute atomic E-state index is 0.000503. The van der Waals surface area contributed by atoms with Crippen LogP contribution >= 0.6 is 0 Å². The largest absolute Gasteiger partial charge is 0.520 e. The van der Waals surface area contributed by atoms with Gasteiger partial charge in [0.1, 0.15) is 0 Å². The van der Waals surface area contributed by atoms with E-state index in [2.05, 4.69) is 58.9 Å². The van der Waals surface area contributed by atoms with Gasteiger partial charge in [0.25, 0.3) is 5.97 Å². The van der Waals surface area contributed by atoms with Gasteiger partial charge in [-0.2, -0.15) is 0 Å². The molecule has 0 aromatic carbocycles. The third-order valence-electron chi connectivity index (χ3n) is 4.37. The Balaban J connectivity index is 3.67.